The molecular formula is C55H64Br2N10O5. The monoisotopic (exact) mass is 1100 g/mol. The molecule has 72 heavy (non-hydrogen) atoms. The molecule has 8 aromatic rings. The summed E-state index contributed by atoms with van der Waals surface area (Å²) in [5, 5.41) is 6.15. The Bertz CT molecular complexity index is 3400. The fourth-order valence-corrected chi connectivity index (χ4v) is 9.46. The molecule has 0 saturated carbocycles. The SMILES string of the molecule is CN1CCN(c2ccc3c(=O)c(C=O)cn(C)c3c2)CC1.CN1CCN(c2ccc3c(=O)ccn(C)c3c2)CC1.CN1CCNCC1.Cn1ccc(=O)c2ccc(Br)cc21.O=c1cc[nH]c2cc(Br)ccc12. The molecule has 4 aromatic carbocycles. The Morgan fingerprint density at radius 1 is 0.472 bits per heavy atom. The van der Waals surface area contributed by atoms with Gasteiger partial charge in [0.2, 0.25) is 0 Å². The number of aromatic nitrogens is 4. The molecule has 0 aliphatic carbocycles. The minimum Gasteiger partial charge on any atom is -0.369 e. The van der Waals surface area contributed by atoms with Crippen molar-refractivity contribution in [2.45, 2.75) is 0 Å². The van der Waals surface area contributed by atoms with Crippen molar-refractivity contribution < 1.29 is 4.79 Å². The quantitative estimate of drug-likeness (QED) is 0.187. The molecular weight excluding hydrogens is 1040 g/mol. The first-order chi connectivity index (χ1) is 34.6. The van der Waals surface area contributed by atoms with E-state index in [0.29, 0.717) is 11.7 Å². The van der Waals surface area contributed by atoms with E-state index in [0.717, 1.165) is 118 Å². The van der Waals surface area contributed by atoms with Gasteiger partial charge in [-0.25, -0.2) is 0 Å². The summed E-state index contributed by atoms with van der Waals surface area (Å²) in [6.07, 6.45) is 7.48. The van der Waals surface area contributed by atoms with E-state index >= 15 is 0 Å². The highest BCUT2D eigenvalue weighted by atomic mass is 79.9. The Balaban J connectivity index is 0.000000137. The van der Waals surface area contributed by atoms with Crippen LogP contribution in [-0.2, 0) is 21.1 Å². The molecule has 3 fully saturated rings. The molecule has 0 atom stereocenters. The number of piperazine rings is 3. The molecule has 2 N–H and O–H groups in total. The summed E-state index contributed by atoms with van der Waals surface area (Å²) in [6, 6.07) is 27.9. The van der Waals surface area contributed by atoms with Gasteiger partial charge in [-0.3, -0.25) is 24.0 Å². The molecule has 0 radical (unpaired) electrons. The summed E-state index contributed by atoms with van der Waals surface area (Å²) >= 11 is 6.71. The van der Waals surface area contributed by atoms with Gasteiger partial charge >= 0.3 is 0 Å². The van der Waals surface area contributed by atoms with Crippen molar-refractivity contribution in [1.29, 1.82) is 0 Å². The fourth-order valence-electron chi connectivity index (χ4n) is 8.75. The Morgan fingerprint density at radius 2 is 0.917 bits per heavy atom. The topological polar surface area (TPSA) is 144 Å². The number of nitrogens with one attached hydrogen (secondary N) is 2. The maximum absolute atomic E-state index is 12.2. The molecule has 0 amide bonds. The lowest BCUT2D eigenvalue weighted by Crippen LogP contribution is -2.44. The molecule has 17 heteroatoms. The van der Waals surface area contributed by atoms with Crippen LogP contribution in [0.4, 0.5) is 11.4 Å². The van der Waals surface area contributed by atoms with Crippen LogP contribution in [0.1, 0.15) is 10.4 Å². The van der Waals surface area contributed by atoms with Gasteiger partial charge < -0.3 is 48.5 Å². The molecule has 7 heterocycles. The van der Waals surface area contributed by atoms with Crippen molar-refractivity contribution in [2.75, 3.05) is 109 Å². The van der Waals surface area contributed by atoms with E-state index < -0.39 is 0 Å². The van der Waals surface area contributed by atoms with E-state index in [1.165, 1.54) is 24.8 Å². The number of pyridine rings is 4. The van der Waals surface area contributed by atoms with Crippen molar-refractivity contribution in [3.8, 4) is 0 Å². The number of carbonyl (C=O) groups is 1. The Hall–Kier alpha value is -6.21. The number of likely N-dealkylation sites (N-methyl/N-ethyl adjacent to an activating group) is 3. The summed E-state index contributed by atoms with van der Waals surface area (Å²) in [7, 11) is 12.2. The van der Waals surface area contributed by atoms with Gasteiger partial charge in [-0.05, 0) is 93.9 Å². The van der Waals surface area contributed by atoms with Crippen LogP contribution in [0.2, 0.25) is 0 Å². The lowest BCUT2D eigenvalue weighted by molar-refractivity contribution is 0.112. The maximum Gasteiger partial charge on any atom is 0.199 e. The third-order valence-corrected chi connectivity index (χ3v) is 14.2. The highest BCUT2D eigenvalue weighted by molar-refractivity contribution is 9.10. The van der Waals surface area contributed by atoms with Crippen LogP contribution < -0.4 is 36.8 Å². The van der Waals surface area contributed by atoms with Gasteiger partial charge in [-0.2, -0.15) is 0 Å². The van der Waals surface area contributed by atoms with Crippen molar-refractivity contribution >= 4 is 93.1 Å². The van der Waals surface area contributed by atoms with Gasteiger partial charge in [0.05, 0.1) is 27.6 Å². The highest BCUT2D eigenvalue weighted by Crippen LogP contribution is 2.23. The number of hydrogen-bond donors (Lipinski definition) is 2. The molecule has 0 spiro atoms. The molecule has 378 valence electrons. The lowest BCUT2D eigenvalue weighted by Gasteiger charge is -2.34. The molecule has 3 saturated heterocycles. The zero-order chi connectivity index (χ0) is 51.5. The second kappa shape index (κ2) is 25.0. The van der Waals surface area contributed by atoms with Crippen LogP contribution in [-0.4, -0.2) is 139 Å². The second-order valence-corrected chi connectivity index (χ2v) is 20.3. The van der Waals surface area contributed by atoms with E-state index in [-0.39, 0.29) is 27.3 Å². The van der Waals surface area contributed by atoms with Crippen molar-refractivity contribution in [3.63, 3.8) is 0 Å². The largest absolute Gasteiger partial charge is 0.369 e. The third kappa shape index (κ3) is 13.6. The molecule has 15 nitrogen and oxygen atoms in total. The second-order valence-electron chi connectivity index (χ2n) is 18.5. The molecule has 3 aliphatic heterocycles. The minimum atomic E-state index is -0.192. The molecule has 3 aliphatic rings. The number of aromatic amines is 1. The summed E-state index contributed by atoms with van der Waals surface area (Å²) in [5.41, 5.74) is 6.24. The molecule has 4 aromatic heterocycles. The number of fused-ring (bicyclic) bond motifs is 4. The van der Waals surface area contributed by atoms with Crippen LogP contribution >= 0.6 is 31.9 Å². The first-order valence-corrected chi connectivity index (χ1v) is 25.6. The molecule has 0 bridgehead atoms. The van der Waals surface area contributed by atoms with Crippen LogP contribution in [0.3, 0.4) is 0 Å². The number of halogens is 2. The number of benzene rings is 4. The van der Waals surface area contributed by atoms with E-state index in [9.17, 15) is 24.0 Å². The number of nitrogens with zero attached hydrogens (tertiary/aromatic N) is 8. The minimum absolute atomic E-state index is 0.0521. The number of anilines is 2. The first-order valence-electron chi connectivity index (χ1n) is 24.1. The van der Waals surface area contributed by atoms with Crippen molar-refractivity contribution in [1.82, 2.24) is 38.7 Å². The predicted molar refractivity (Wildman–Crippen MR) is 303 cm³/mol. The zero-order valence-electron chi connectivity index (χ0n) is 41.9. The van der Waals surface area contributed by atoms with E-state index in [2.05, 4.69) is 99.9 Å². The van der Waals surface area contributed by atoms with Crippen LogP contribution in [0.25, 0.3) is 43.6 Å². The van der Waals surface area contributed by atoms with Crippen LogP contribution in [0.5, 0.6) is 0 Å². The smallest absolute Gasteiger partial charge is 0.199 e. The first kappa shape index (κ1) is 53.6. The van der Waals surface area contributed by atoms with Crippen LogP contribution in [0.15, 0.2) is 144 Å². The lowest BCUT2D eigenvalue weighted by atomic mass is 10.1. The van der Waals surface area contributed by atoms with Gasteiger partial charge in [0.1, 0.15) is 0 Å². The van der Waals surface area contributed by atoms with Crippen molar-refractivity contribution in [2.24, 2.45) is 21.1 Å². The van der Waals surface area contributed by atoms with Crippen molar-refractivity contribution in [3.05, 3.63) is 171 Å². The Labute approximate surface area is 436 Å². The predicted octanol–water partition coefficient (Wildman–Crippen LogP) is 6.51. The van der Waals surface area contributed by atoms with Gasteiger partial charge in [0.15, 0.2) is 28.0 Å². The molecule has 0 unspecified atom stereocenters. The number of rotatable bonds is 3. The number of carbonyl (C=O) groups excluding carboxylic acids is 1. The van der Waals surface area contributed by atoms with Gasteiger partial charge in [0.25, 0.3) is 0 Å². The van der Waals surface area contributed by atoms with Gasteiger partial charge in [0, 0.05) is 185 Å². The van der Waals surface area contributed by atoms with E-state index in [1.54, 1.807) is 36.8 Å². The average Bonchev–Trinajstić information content (AvgIpc) is 3.38. The molecule has 11 rings (SSSR count). The highest BCUT2D eigenvalue weighted by Gasteiger charge is 2.17. The van der Waals surface area contributed by atoms with Gasteiger partial charge in [-0.1, -0.05) is 31.9 Å². The number of H-pyrrole nitrogens is 1. The Morgan fingerprint density at radius 3 is 1.43 bits per heavy atom. The van der Waals surface area contributed by atoms with Crippen LogP contribution in [0, 0.1) is 0 Å². The number of aldehydes is 1. The average molecular weight is 1100 g/mol. The number of aryl methyl sites for hydroxylation is 3. The standard InChI is InChI=1S/C16H19N3O2.C15H19N3O.C10H8BrNO.C9H6BrNO.C5H12N2/c1-17-5-7-19(8-6-17)13-3-4-14-15(9-13)18(2)10-12(11-20)16(14)21;1-16-7-9-18(10-8-16)12-3-4-13-14(11-12)17(2)6-5-15(13)19;1-12-5-4-10(13)8-3-2-7(11)6-9(8)12;10-6-1-2-7-8(5-6)11-4-3-9(7)12;1-7-4-2-6-3-5-7/h3-4,9-11H,5-8H2,1-2H3;3-6,11H,7-10H2,1-2H3;2-6H,1H3;1-5H,(H,11,12);6H,2-5H2,1H3. The normalized spacial score (nSPS) is 15.4. The maximum atomic E-state index is 12.2. The summed E-state index contributed by atoms with van der Waals surface area (Å²) in [4.78, 5) is 72.3. The third-order valence-electron chi connectivity index (χ3n) is 13.3. The summed E-state index contributed by atoms with van der Waals surface area (Å²) < 4.78 is 7.75. The van der Waals surface area contributed by atoms with Gasteiger partial charge in [-0.15, -0.1) is 0 Å². The Kier molecular flexibility index (Phi) is 18.6. The van der Waals surface area contributed by atoms with E-state index in [4.69, 9.17) is 0 Å². The summed E-state index contributed by atoms with van der Waals surface area (Å²) in [6.45, 7) is 13.1. The fraction of sp³-hybridized carbons (Fsp3) is 0.327. The van der Waals surface area contributed by atoms with E-state index in [1.807, 2.05) is 95.6 Å². The summed E-state index contributed by atoms with van der Waals surface area (Å²) in [5.74, 6) is 0. The number of hydrogen-bond acceptors (Lipinski definition) is 11. The zero-order valence-corrected chi connectivity index (χ0v) is 45.1.